The molecule has 0 amide bonds. The van der Waals surface area contributed by atoms with E-state index >= 15 is 0 Å². The van der Waals surface area contributed by atoms with Crippen LogP contribution in [0.4, 0.5) is 4.39 Å². The van der Waals surface area contributed by atoms with E-state index in [9.17, 15) is 4.39 Å². The predicted octanol–water partition coefficient (Wildman–Crippen LogP) is 3.66. The molecule has 2 aromatic rings. The second kappa shape index (κ2) is 6.41. The van der Waals surface area contributed by atoms with Crippen LogP contribution >= 0.6 is 11.3 Å². The summed E-state index contributed by atoms with van der Waals surface area (Å²) in [5.41, 5.74) is 0.940. The third-order valence-electron chi connectivity index (χ3n) is 2.76. The Bertz CT molecular complexity index is 560. The normalized spacial score (nSPS) is 11.8. The smallest absolute Gasteiger partial charge is 0.147 e. The molecule has 5 heteroatoms. The van der Waals surface area contributed by atoms with Crippen LogP contribution in [0.3, 0.4) is 0 Å². The first-order valence-electron chi connectivity index (χ1n) is 6.77. The van der Waals surface area contributed by atoms with Gasteiger partial charge in [-0.3, -0.25) is 0 Å². The average Bonchev–Trinajstić information content (AvgIpc) is 2.82. The van der Waals surface area contributed by atoms with E-state index in [1.54, 1.807) is 6.07 Å². The van der Waals surface area contributed by atoms with Crippen molar-refractivity contribution in [3.05, 3.63) is 35.1 Å². The van der Waals surface area contributed by atoms with Crippen molar-refractivity contribution in [1.29, 1.82) is 0 Å². The van der Waals surface area contributed by atoms with E-state index in [0.717, 1.165) is 35.0 Å². The molecule has 1 aromatic heterocycles. The predicted molar refractivity (Wildman–Crippen MR) is 81.4 cm³/mol. The maximum Gasteiger partial charge on any atom is 0.147 e. The van der Waals surface area contributed by atoms with E-state index < -0.39 is 0 Å². The summed E-state index contributed by atoms with van der Waals surface area (Å²) in [4.78, 5) is 0. The number of halogens is 1. The van der Waals surface area contributed by atoms with Gasteiger partial charge in [0.15, 0.2) is 0 Å². The van der Waals surface area contributed by atoms with Gasteiger partial charge in [0.1, 0.15) is 15.8 Å². The summed E-state index contributed by atoms with van der Waals surface area (Å²) >= 11 is 1.54. The lowest BCUT2D eigenvalue weighted by Gasteiger charge is -2.20. The molecule has 3 nitrogen and oxygen atoms in total. The minimum atomic E-state index is -0.242. The van der Waals surface area contributed by atoms with Crippen LogP contribution in [0.5, 0.6) is 0 Å². The van der Waals surface area contributed by atoms with Crippen LogP contribution < -0.4 is 5.32 Å². The van der Waals surface area contributed by atoms with Crippen LogP contribution in [0.1, 0.15) is 32.2 Å². The minimum absolute atomic E-state index is 0.147. The minimum Gasteiger partial charge on any atom is -0.312 e. The molecule has 0 spiro atoms. The molecule has 1 heterocycles. The Kier molecular flexibility index (Phi) is 4.83. The number of benzene rings is 1. The number of hydrogen-bond donors (Lipinski definition) is 1. The second-order valence-corrected chi connectivity index (χ2v) is 6.85. The fourth-order valence-corrected chi connectivity index (χ4v) is 2.67. The van der Waals surface area contributed by atoms with Crippen LogP contribution in [0.25, 0.3) is 10.6 Å². The molecule has 20 heavy (non-hydrogen) atoms. The lowest BCUT2D eigenvalue weighted by molar-refractivity contribution is 0.422. The van der Waals surface area contributed by atoms with Gasteiger partial charge < -0.3 is 5.32 Å². The fourth-order valence-electron chi connectivity index (χ4n) is 1.80. The van der Waals surface area contributed by atoms with Crippen molar-refractivity contribution < 1.29 is 4.39 Å². The molecule has 0 bridgehead atoms. The molecule has 0 saturated heterocycles. The quantitative estimate of drug-likeness (QED) is 0.855. The number of aryl methyl sites for hydroxylation is 1. The summed E-state index contributed by atoms with van der Waals surface area (Å²) in [6.45, 7) is 7.42. The Morgan fingerprint density at radius 3 is 2.75 bits per heavy atom. The molecule has 0 aliphatic heterocycles. The Labute approximate surface area is 123 Å². The van der Waals surface area contributed by atoms with Crippen LogP contribution in [0.15, 0.2) is 24.3 Å². The highest BCUT2D eigenvalue weighted by Gasteiger charge is 2.09. The highest BCUT2D eigenvalue weighted by Crippen LogP contribution is 2.24. The van der Waals surface area contributed by atoms with E-state index in [-0.39, 0.29) is 11.4 Å². The van der Waals surface area contributed by atoms with E-state index in [1.807, 2.05) is 6.07 Å². The largest absolute Gasteiger partial charge is 0.312 e. The maximum absolute atomic E-state index is 13.2. The molecule has 0 saturated carbocycles. The van der Waals surface area contributed by atoms with Gasteiger partial charge in [-0.1, -0.05) is 23.5 Å². The van der Waals surface area contributed by atoms with E-state index in [2.05, 4.69) is 36.3 Å². The number of nitrogens with one attached hydrogen (secondary N) is 1. The van der Waals surface area contributed by atoms with Gasteiger partial charge in [-0.15, -0.1) is 10.2 Å². The van der Waals surface area contributed by atoms with Crippen molar-refractivity contribution in [3.8, 4) is 10.6 Å². The first-order chi connectivity index (χ1) is 9.44. The second-order valence-electron chi connectivity index (χ2n) is 5.79. The van der Waals surface area contributed by atoms with Gasteiger partial charge in [0.25, 0.3) is 0 Å². The number of nitrogens with zero attached hydrogens (tertiary/aromatic N) is 2. The molecule has 1 N–H and O–H groups in total. The van der Waals surface area contributed by atoms with E-state index in [4.69, 9.17) is 0 Å². The zero-order chi connectivity index (χ0) is 14.6. The van der Waals surface area contributed by atoms with Gasteiger partial charge in [0.05, 0.1) is 0 Å². The number of hydrogen-bond acceptors (Lipinski definition) is 4. The SMILES string of the molecule is CC(C)(C)NCCCc1nnc(-c2cccc(F)c2)s1. The lowest BCUT2D eigenvalue weighted by atomic mass is 10.1. The number of aromatic nitrogens is 2. The van der Waals surface area contributed by atoms with Crippen molar-refractivity contribution in [2.24, 2.45) is 0 Å². The van der Waals surface area contributed by atoms with Crippen molar-refractivity contribution in [2.45, 2.75) is 39.2 Å². The van der Waals surface area contributed by atoms with Crippen LogP contribution in [0.2, 0.25) is 0 Å². The van der Waals surface area contributed by atoms with Gasteiger partial charge >= 0.3 is 0 Å². The zero-order valence-electron chi connectivity index (χ0n) is 12.1. The molecular formula is C15H20FN3S. The summed E-state index contributed by atoms with van der Waals surface area (Å²) in [5.74, 6) is -0.242. The maximum atomic E-state index is 13.2. The Morgan fingerprint density at radius 2 is 2.05 bits per heavy atom. The molecule has 108 valence electrons. The first-order valence-corrected chi connectivity index (χ1v) is 7.59. The van der Waals surface area contributed by atoms with Gasteiger partial charge in [-0.05, 0) is 45.9 Å². The number of rotatable bonds is 5. The monoisotopic (exact) mass is 293 g/mol. The highest BCUT2D eigenvalue weighted by atomic mass is 32.1. The Balaban J connectivity index is 1.90. The third-order valence-corrected chi connectivity index (χ3v) is 3.79. The molecular weight excluding hydrogens is 273 g/mol. The lowest BCUT2D eigenvalue weighted by Crippen LogP contribution is -2.36. The summed E-state index contributed by atoms with van der Waals surface area (Å²) in [6.07, 6.45) is 1.92. The summed E-state index contributed by atoms with van der Waals surface area (Å²) < 4.78 is 13.2. The Hall–Kier alpha value is -1.33. The van der Waals surface area contributed by atoms with Gasteiger partial charge in [-0.25, -0.2) is 4.39 Å². The molecule has 0 radical (unpaired) electrons. The summed E-state index contributed by atoms with van der Waals surface area (Å²) in [6, 6.07) is 6.47. The summed E-state index contributed by atoms with van der Waals surface area (Å²) in [5, 5.41) is 13.5. The zero-order valence-corrected chi connectivity index (χ0v) is 12.9. The topological polar surface area (TPSA) is 37.8 Å². The van der Waals surface area contributed by atoms with Crippen LogP contribution in [-0.2, 0) is 6.42 Å². The molecule has 2 rings (SSSR count). The first kappa shape index (κ1) is 15.1. The Morgan fingerprint density at radius 1 is 1.25 bits per heavy atom. The van der Waals surface area contributed by atoms with Gasteiger partial charge in [0.2, 0.25) is 0 Å². The molecule has 1 aromatic carbocycles. The van der Waals surface area contributed by atoms with Crippen LogP contribution in [-0.4, -0.2) is 22.3 Å². The summed E-state index contributed by atoms with van der Waals surface area (Å²) in [7, 11) is 0. The van der Waals surface area contributed by atoms with E-state index in [0.29, 0.717) is 0 Å². The fraction of sp³-hybridized carbons (Fsp3) is 0.467. The van der Waals surface area contributed by atoms with Gasteiger partial charge in [0, 0.05) is 17.5 Å². The third kappa shape index (κ3) is 4.65. The van der Waals surface area contributed by atoms with Crippen molar-refractivity contribution in [2.75, 3.05) is 6.54 Å². The molecule has 0 aliphatic rings. The van der Waals surface area contributed by atoms with Crippen molar-refractivity contribution in [3.63, 3.8) is 0 Å². The van der Waals surface area contributed by atoms with Crippen LogP contribution in [0, 0.1) is 5.82 Å². The van der Waals surface area contributed by atoms with E-state index in [1.165, 1.54) is 23.5 Å². The molecule has 0 atom stereocenters. The molecule has 0 unspecified atom stereocenters. The van der Waals surface area contributed by atoms with Crippen molar-refractivity contribution in [1.82, 2.24) is 15.5 Å². The highest BCUT2D eigenvalue weighted by molar-refractivity contribution is 7.14. The molecule has 0 aliphatic carbocycles. The molecule has 0 fully saturated rings. The van der Waals surface area contributed by atoms with Gasteiger partial charge in [-0.2, -0.15) is 0 Å². The average molecular weight is 293 g/mol. The standard InChI is InChI=1S/C15H20FN3S/c1-15(2,3)17-9-5-8-13-18-19-14(20-13)11-6-4-7-12(16)10-11/h4,6-7,10,17H,5,8-9H2,1-3H3. The van der Waals surface area contributed by atoms with Crippen molar-refractivity contribution >= 4 is 11.3 Å².